The predicted octanol–water partition coefficient (Wildman–Crippen LogP) is 3.98. The van der Waals surface area contributed by atoms with Gasteiger partial charge in [0, 0.05) is 61.5 Å². The number of nitrogens with zero attached hydrogens (tertiary/aromatic N) is 6. The number of rotatable bonds is 7. The summed E-state index contributed by atoms with van der Waals surface area (Å²) in [5, 5.41) is 11.6. The number of nitrogen functional groups attached to an aromatic ring is 1. The molecule has 5 aromatic rings. The molecule has 6 rings (SSSR count). The molecule has 3 aromatic heterocycles. The molecule has 0 spiro atoms. The molecule has 2 amide bonds. The van der Waals surface area contributed by atoms with Gasteiger partial charge in [-0.05, 0) is 35.7 Å². The summed E-state index contributed by atoms with van der Waals surface area (Å²) in [6, 6.07) is 18.9. The van der Waals surface area contributed by atoms with Gasteiger partial charge in [-0.1, -0.05) is 42.5 Å². The summed E-state index contributed by atoms with van der Waals surface area (Å²) in [6.07, 6.45) is 9.04. The van der Waals surface area contributed by atoms with Crippen LogP contribution < -0.4 is 15.8 Å². The van der Waals surface area contributed by atoms with E-state index in [0.717, 1.165) is 27.8 Å². The van der Waals surface area contributed by atoms with Crippen LogP contribution in [0.25, 0.3) is 22.3 Å². The molecule has 2 aromatic carbocycles. The van der Waals surface area contributed by atoms with E-state index in [1.165, 1.54) is 0 Å². The molecule has 11 heteroatoms. The lowest BCUT2D eigenvalue weighted by Crippen LogP contribution is -2.39. The van der Waals surface area contributed by atoms with Crippen molar-refractivity contribution in [1.82, 2.24) is 34.8 Å². The number of nitrogens with one attached hydrogen (secondary N) is 1. The molecule has 0 unspecified atom stereocenters. The Kier molecular flexibility index (Phi) is 7.37. The van der Waals surface area contributed by atoms with Gasteiger partial charge >= 0.3 is 6.09 Å². The summed E-state index contributed by atoms with van der Waals surface area (Å²) in [4.78, 5) is 31.8. The van der Waals surface area contributed by atoms with Gasteiger partial charge in [-0.15, -0.1) is 0 Å². The first-order valence-electron chi connectivity index (χ1n) is 13.6. The van der Waals surface area contributed by atoms with Crippen LogP contribution in [-0.4, -0.2) is 60.6 Å². The van der Waals surface area contributed by atoms with E-state index in [1.54, 1.807) is 40.3 Å². The van der Waals surface area contributed by atoms with E-state index in [2.05, 4.69) is 32.6 Å². The van der Waals surface area contributed by atoms with Crippen molar-refractivity contribution in [2.75, 3.05) is 18.8 Å². The molecule has 0 aliphatic carbocycles. The molecule has 1 saturated heterocycles. The highest BCUT2D eigenvalue weighted by Gasteiger charge is 2.29. The maximum absolute atomic E-state index is 13.1. The van der Waals surface area contributed by atoms with Gasteiger partial charge < -0.3 is 20.7 Å². The van der Waals surface area contributed by atoms with E-state index in [1.807, 2.05) is 60.5 Å². The summed E-state index contributed by atoms with van der Waals surface area (Å²) in [6.45, 7) is 1.45. The minimum absolute atomic E-state index is 0.139. The summed E-state index contributed by atoms with van der Waals surface area (Å²) in [5.74, 6) is 0.234. The van der Waals surface area contributed by atoms with Gasteiger partial charge in [0.05, 0.1) is 24.5 Å². The average molecular weight is 563 g/mol. The molecule has 42 heavy (non-hydrogen) atoms. The van der Waals surface area contributed by atoms with Crippen molar-refractivity contribution in [3.8, 4) is 28.0 Å². The van der Waals surface area contributed by atoms with Gasteiger partial charge in [-0.25, -0.2) is 9.78 Å². The smallest absolute Gasteiger partial charge is 0.410 e. The van der Waals surface area contributed by atoms with Gasteiger partial charge in [0.25, 0.3) is 5.91 Å². The van der Waals surface area contributed by atoms with Crippen LogP contribution in [0.4, 0.5) is 10.6 Å². The standard InChI is InChI=1S/C31H30N8O3/c1-37-18-24(15-34-37)23-13-28(29(32)33-14-23)30(40)36-26-10-11-38(20-26)31(41)42-27-9-5-8-22(12-27)25-16-35-39(19-25)17-21-6-3-2-4-7-21/h2-9,12-16,18-19,26H,10-11,17,20H2,1H3,(H2,32,33)(H,36,40)/t26-/m1/s1. The number of aryl methyl sites for hydroxylation is 1. The number of carbonyl (C=O) groups excluding carboxylic acids is 2. The molecule has 11 nitrogen and oxygen atoms in total. The number of likely N-dealkylation sites (tertiary alicyclic amines) is 1. The fraction of sp³-hybridized carbons (Fsp3) is 0.194. The number of nitrogens with two attached hydrogens (primary N) is 1. The highest BCUT2D eigenvalue weighted by atomic mass is 16.6. The van der Waals surface area contributed by atoms with Crippen molar-refractivity contribution >= 4 is 17.8 Å². The van der Waals surface area contributed by atoms with Gasteiger partial charge in [-0.2, -0.15) is 10.2 Å². The number of carbonyl (C=O) groups is 2. The fourth-order valence-electron chi connectivity index (χ4n) is 4.97. The van der Waals surface area contributed by atoms with Crippen LogP contribution in [0.5, 0.6) is 5.75 Å². The largest absolute Gasteiger partial charge is 0.415 e. The quantitative estimate of drug-likeness (QED) is 0.307. The van der Waals surface area contributed by atoms with Crippen molar-refractivity contribution in [3.05, 3.63) is 103 Å². The zero-order chi connectivity index (χ0) is 29.1. The van der Waals surface area contributed by atoms with Crippen LogP contribution >= 0.6 is 0 Å². The minimum Gasteiger partial charge on any atom is -0.410 e. The maximum atomic E-state index is 13.1. The van der Waals surface area contributed by atoms with Crippen LogP contribution in [0, 0.1) is 0 Å². The first kappa shape index (κ1) is 26.8. The van der Waals surface area contributed by atoms with Crippen LogP contribution in [0.15, 0.2) is 91.6 Å². The Balaban J connectivity index is 1.06. The Morgan fingerprint density at radius 2 is 1.76 bits per heavy atom. The third kappa shape index (κ3) is 5.99. The first-order chi connectivity index (χ1) is 20.4. The molecule has 4 heterocycles. The number of hydrogen-bond acceptors (Lipinski definition) is 7. The molecule has 1 fully saturated rings. The van der Waals surface area contributed by atoms with E-state index in [9.17, 15) is 9.59 Å². The molecular weight excluding hydrogens is 532 g/mol. The van der Waals surface area contributed by atoms with Crippen molar-refractivity contribution in [2.45, 2.75) is 19.0 Å². The van der Waals surface area contributed by atoms with Gasteiger partial charge in [0.15, 0.2) is 0 Å². The topological polar surface area (TPSA) is 133 Å². The molecule has 1 aliphatic rings. The average Bonchev–Trinajstić information content (AvgIpc) is 3.76. The Morgan fingerprint density at radius 1 is 0.952 bits per heavy atom. The zero-order valence-electron chi connectivity index (χ0n) is 23.1. The van der Waals surface area contributed by atoms with E-state index < -0.39 is 6.09 Å². The molecule has 1 aliphatic heterocycles. The fourth-order valence-corrected chi connectivity index (χ4v) is 4.97. The van der Waals surface area contributed by atoms with E-state index >= 15 is 0 Å². The monoisotopic (exact) mass is 562 g/mol. The van der Waals surface area contributed by atoms with Crippen LogP contribution in [0.3, 0.4) is 0 Å². The number of pyridine rings is 1. The third-order valence-electron chi connectivity index (χ3n) is 7.18. The Bertz CT molecular complexity index is 1730. The zero-order valence-corrected chi connectivity index (χ0v) is 23.1. The number of ether oxygens (including phenoxy) is 1. The summed E-state index contributed by atoms with van der Waals surface area (Å²) in [5.41, 5.74) is 10.8. The number of aromatic nitrogens is 5. The van der Waals surface area contributed by atoms with Gasteiger partial charge in [0.1, 0.15) is 11.6 Å². The van der Waals surface area contributed by atoms with Crippen molar-refractivity contribution in [1.29, 1.82) is 0 Å². The lowest BCUT2D eigenvalue weighted by Gasteiger charge is -2.17. The molecule has 0 bridgehead atoms. The molecule has 3 N–H and O–H groups in total. The number of hydrogen-bond donors (Lipinski definition) is 2. The lowest BCUT2D eigenvalue weighted by molar-refractivity contribution is 0.0937. The SMILES string of the molecule is Cn1cc(-c2cnc(N)c(C(=O)N[C@@H]3CCN(C(=O)Oc4cccc(-c5cnn(Cc6ccccc6)c5)c4)C3)c2)cn1. The summed E-state index contributed by atoms with van der Waals surface area (Å²) in [7, 11) is 1.82. The Hall–Kier alpha value is -5.45. The number of benzene rings is 2. The summed E-state index contributed by atoms with van der Waals surface area (Å²) < 4.78 is 9.25. The maximum Gasteiger partial charge on any atom is 0.415 e. The second-order valence-corrected chi connectivity index (χ2v) is 10.3. The molecule has 212 valence electrons. The van der Waals surface area contributed by atoms with E-state index in [-0.39, 0.29) is 23.3 Å². The number of amides is 2. The summed E-state index contributed by atoms with van der Waals surface area (Å²) >= 11 is 0. The second-order valence-electron chi connectivity index (χ2n) is 10.3. The Labute approximate surface area is 242 Å². The highest BCUT2D eigenvalue weighted by molar-refractivity contribution is 5.99. The van der Waals surface area contributed by atoms with Gasteiger partial charge in [-0.3, -0.25) is 14.2 Å². The van der Waals surface area contributed by atoms with Crippen LogP contribution in [0.1, 0.15) is 22.3 Å². The van der Waals surface area contributed by atoms with Crippen LogP contribution in [-0.2, 0) is 13.6 Å². The molecule has 0 radical (unpaired) electrons. The van der Waals surface area contributed by atoms with Crippen molar-refractivity contribution < 1.29 is 14.3 Å². The predicted molar refractivity (Wildman–Crippen MR) is 158 cm³/mol. The van der Waals surface area contributed by atoms with Crippen LogP contribution in [0.2, 0.25) is 0 Å². The minimum atomic E-state index is -0.469. The van der Waals surface area contributed by atoms with E-state index in [4.69, 9.17) is 10.5 Å². The second kappa shape index (κ2) is 11.6. The van der Waals surface area contributed by atoms with Crippen molar-refractivity contribution in [3.63, 3.8) is 0 Å². The van der Waals surface area contributed by atoms with Gasteiger partial charge in [0.2, 0.25) is 0 Å². The normalized spacial score (nSPS) is 14.6. The van der Waals surface area contributed by atoms with Crippen molar-refractivity contribution in [2.24, 2.45) is 7.05 Å². The third-order valence-corrected chi connectivity index (χ3v) is 7.18. The lowest BCUT2D eigenvalue weighted by atomic mass is 10.1. The Morgan fingerprint density at radius 3 is 2.57 bits per heavy atom. The molecule has 1 atom stereocenters. The molecule has 0 saturated carbocycles. The first-order valence-corrected chi connectivity index (χ1v) is 13.6. The molecular formula is C31H30N8O3. The number of anilines is 1. The highest BCUT2D eigenvalue weighted by Crippen LogP contribution is 2.25. The van der Waals surface area contributed by atoms with E-state index in [0.29, 0.717) is 31.8 Å².